The summed E-state index contributed by atoms with van der Waals surface area (Å²) in [7, 11) is 0. The van der Waals surface area contributed by atoms with Gasteiger partial charge in [-0.05, 0) is 25.8 Å². The molecule has 1 aromatic heterocycles. The van der Waals surface area contributed by atoms with Crippen LogP contribution in [0, 0.1) is 0 Å². The highest BCUT2D eigenvalue weighted by Crippen LogP contribution is 2.28. The number of nitrogens with one attached hydrogen (secondary N) is 1. The molecule has 0 radical (unpaired) electrons. The molecule has 180 valence electrons. The minimum absolute atomic E-state index is 0.163. The number of ether oxygens (including phenoxy) is 2. The molecule has 32 heavy (non-hydrogen) atoms. The first kappa shape index (κ1) is 25.9. The third-order valence-electron chi connectivity index (χ3n) is 5.22. The van der Waals surface area contributed by atoms with E-state index in [2.05, 4.69) is 10.3 Å². The first-order chi connectivity index (χ1) is 15.4. The van der Waals surface area contributed by atoms with Gasteiger partial charge in [0.25, 0.3) is 0 Å². The zero-order valence-electron chi connectivity index (χ0n) is 18.3. The summed E-state index contributed by atoms with van der Waals surface area (Å²) >= 11 is 0. The van der Waals surface area contributed by atoms with Crippen LogP contribution in [0.1, 0.15) is 58.1 Å². The Morgan fingerprint density at radius 3 is 2.50 bits per heavy atom. The number of aromatic nitrogens is 2. The van der Waals surface area contributed by atoms with Crippen LogP contribution in [-0.2, 0) is 19.1 Å². The summed E-state index contributed by atoms with van der Waals surface area (Å²) in [5, 5.41) is 32.1. The van der Waals surface area contributed by atoms with E-state index >= 15 is 0 Å². The van der Waals surface area contributed by atoms with Crippen molar-refractivity contribution in [1.29, 1.82) is 0 Å². The third kappa shape index (κ3) is 7.66. The summed E-state index contributed by atoms with van der Waals surface area (Å²) in [5.74, 6) is -0.210. The van der Waals surface area contributed by atoms with Crippen molar-refractivity contribution in [3.05, 3.63) is 22.7 Å². The van der Waals surface area contributed by atoms with Gasteiger partial charge in [-0.1, -0.05) is 19.3 Å². The van der Waals surface area contributed by atoms with Gasteiger partial charge in [0.05, 0.1) is 0 Å². The van der Waals surface area contributed by atoms with E-state index in [9.17, 15) is 24.6 Å². The van der Waals surface area contributed by atoms with E-state index in [1.165, 1.54) is 6.20 Å². The Morgan fingerprint density at radius 1 is 1.16 bits per heavy atom. The number of unbranched alkanes of at least 4 members (excludes halogenated alkanes) is 4. The minimum Gasteiger partial charge on any atom is -0.463 e. The van der Waals surface area contributed by atoms with Crippen LogP contribution in [0.5, 0.6) is 0 Å². The number of carbonyl (C=O) groups is 2. The summed E-state index contributed by atoms with van der Waals surface area (Å²) < 4.78 is 11.8. The van der Waals surface area contributed by atoms with Crippen molar-refractivity contribution < 1.29 is 34.4 Å². The molecule has 0 bridgehead atoms. The molecule has 4 N–H and O–H groups in total. The van der Waals surface area contributed by atoms with Crippen LogP contribution in [0.4, 0.5) is 5.82 Å². The lowest BCUT2D eigenvalue weighted by molar-refractivity contribution is -0.150. The van der Waals surface area contributed by atoms with Gasteiger partial charge in [-0.2, -0.15) is 4.98 Å². The number of esters is 1. The van der Waals surface area contributed by atoms with E-state index in [4.69, 9.17) is 14.6 Å². The number of carbonyl (C=O) groups excluding carboxylic acids is 2. The van der Waals surface area contributed by atoms with Crippen LogP contribution in [-0.4, -0.2) is 74.7 Å². The van der Waals surface area contributed by atoms with E-state index < -0.39 is 42.8 Å². The first-order valence-electron chi connectivity index (χ1n) is 11.0. The average Bonchev–Trinajstić information content (AvgIpc) is 3.05. The maximum Gasteiger partial charge on any atom is 0.351 e. The number of hydrogen-bond donors (Lipinski definition) is 4. The van der Waals surface area contributed by atoms with Gasteiger partial charge >= 0.3 is 11.7 Å². The van der Waals surface area contributed by atoms with Gasteiger partial charge in [-0.25, -0.2) is 4.79 Å². The fraction of sp³-hybridized carbons (Fsp3) is 0.714. The zero-order chi connectivity index (χ0) is 23.5. The van der Waals surface area contributed by atoms with Gasteiger partial charge in [0.1, 0.15) is 37.3 Å². The Labute approximate surface area is 186 Å². The van der Waals surface area contributed by atoms with E-state index in [-0.39, 0.29) is 18.8 Å². The molecule has 1 aliphatic rings. The molecule has 4 atom stereocenters. The predicted octanol–water partition coefficient (Wildman–Crippen LogP) is 0.130. The van der Waals surface area contributed by atoms with Crippen LogP contribution in [0.25, 0.3) is 0 Å². The lowest BCUT2D eigenvalue weighted by Crippen LogP contribution is -2.36. The van der Waals surface area contributed by atoms with Gasteiger partial charge in [0, 0.05) is 25.6 Å². The molecule has 1 aliphatic heterocycles. The molecule has 0 aromatic carbocycles. The van der Waals surface area contributed by atoms with Crippen LogP contribution in [0.2, 0.25) is 0 Å². The highest BCUT2D eigenvalue weighted by atomic mass is 16.6. The summed E-state index contributed by atoms with van der Waals surface area (Å²) in [6, 6.07) is 1.56. The van der Waals surface area contributed by atoms with E-state index in [0.717, 1.165) is 30.3 Å². The number of rotatable bonds is 14. The molecule has 0 aliphatic carbocycles. The smallest absolute Gasteiger partial charge is 0.351 e. The summed E-state index contributed by atoms with van der Waals surface area (Å²) in [4.78, 5) is 39.0. The molecule has 0 amide bonds. The van der Waals surface area contributed by atoms with Crippen molar-refractivity contribution in [2.75, 3.05) is 25.1 Å². The molecule has 0 unspecified atom stereocenters. The second-order valence-electron chi connectivity index (χ2n) is 7.73. The SMILES string of the molecule is CCNc1ccn([C@@H]2O[C@H](COC(=O)CCCCCCCC(=O)CO)[C@@H](O)[C@@H]2O)c(=O)n1. The summed E-state index contributed by atoms with van der Waals surface area (Å²) in [6.07, 6.45) is 1.09. The van der Waals surface area contributed by atoms with E-state index in [1.54, 1.807) is 6.07 Å². The van der Waals surface area contributed by atoms with Crippen molar-refractivity contribution >= 4 is 17.6 Å². The number of aliphatic hydroxyl groups is 3. The number of anilines is 1. The number of aliphatic hydroxyl groups excluding tert-OH is 3. The molecule has 1 fully saturated rings. The van der Waals surface area contributed by atoms with Crippen LogP contribution in [0.15, 0.2) is 17.1 Å². The number of hydrogen-bond acceptors (Lipinski definition) is 10. The number of ketones is 1. The summed E-state index contributed by atoms with van der Waals surface area (Å²) in [6.45, 7) is 1.80. The van der Waals surface area contributed by atoms with Crippen molar-refractivity contribution in [2.45, 2.75) is 76.4 Å². The molecule has 11 heteroatoms. The maximum absolute atomic E-state index is 12.2. The molecule has 11 nitrogen and oxygen atoms in total. The normalized spacial score (nSPS) is 22.6. The maximum atomic E-state index is 12.2. The quantitative estimate of drug-likeness (QED) is 0.224. The monoisotopic (exact) mass is 455 g/mol. The van der Waals surface area contributed by atoms with Gasteiger partial charge < -0.3 is 30.1 Å². The topological polar surface area (TPSA) is 160 Å². The third-order valence-corrected chi connectivity index (χ3v) is 5.22. The van der Waals surface area contributed by atoms with E-state index in [1.807, 2.05) is 6.92 Å². The molecular formula is C21H33N3O8. The van der Waals surface area contributed by atoms with Gasteiger partial charge in [0.2, 0.25) is 0 Å². The Kier molecular flexibility index (Phi) is 10.7. The predicted molar refractivity (Wildman–Crippen MR) is 114 cm³/mol. The van der Waals surface area contributed by atoms with Gasteiger partial charge in [-0.15, -0.1) is 0 Å². The van der Waals surface area contributed by atoms with Crippen molar-refractivity contribution in [2.24, 2.45) is 0 Å². The Balaban J connectivity index is 1.72. The highest BCUT2D eigenvalue weighted by Gasteiger charge is 2.44. The molecule has 0 saturated carbocycles. The first-order valence-corrected chi connectivity index (χ1v) is 11.0. The second kappa shape index (κ2) is 13.3. The highest BCUT2D eigenvalue weighted by molar-refractivity contribution is 5.79. The molecule has 0 spiro atoms. The lowest BCUT2D eigenvalue weighted by atomic mass is 10.1. The number of nitrogens with zero attached hydrogens (tertiary/aromatic N) is 2. The van der Waals surface area contributed by atoms with Crippen LogP contribution in [0.3, 0.4) is 0 Å². The molecular weight excluding hydrogens is 422 g/mol. The van der Waals surface area contributed by atoms with Crippen molar-refractivity contribution in [3.8, 4) is 0 Å². The van der Waals surface area contributed by atoms with Crippen LogP contribution < -0.4 is 11.0 Å². The summed E-state index contributed by atoms with van der Waals surface area (Å²) in [5.41, 5.74) is -0.641. The van der Waals surface area contributed by atoms with Gasteiger partial charge in [-0.3, -0.25) is 14.2 Å². The Bertz CT molecular complexity index is 799. The lowest BCUT2D eigenvalue weighted by Gasteiger charge is -2.17. The molecule has 1 saturated heterocycles. The number of Topliss-reactive ketones (excluding diaryl/α,β-unsaturated/α-hetero) is 1. The Morgan fingerprint density at radius 2 is 1.84 bits per heavy atom. The second-order valence-corrected chi connectivity index (χ2v) is 7.73. The molecule has 1 aromatic rings. The van der Waals surface area contributed by atoms with Crippen LogP contribution >= 0.6 is 0 Å². The largest absolute Gasteiger partial charge is 0.463 e. The fourth-order valence-corrected chi connectivity index (χ4v) is 3.43. The average molecular weight is 456 g/mol. The minimum atomic E-state index is -1.37. The molecule has 2 rings (SSSR count). The fourth-order valence-electron chi connectivity index (χ4n) is 3.43. The van der Waals surface area contributed by atoms with Crippen molar-refractivity contribution in [3.63, 3.8) is 0 Å². The molecule has 2 heterocycles. The Hall–Kier alpha value is -2.34. The van der Waals surface area contributed by atoms with Crippen molar-refractivity contribution in [1.82, 2.24) is 9.55 Å². The standard InChI is InChI=1S/C21H33N3O8/c1-2-22-16-10-11-24(21(30)23-16)20-19(29)18(28)15(32-20)13-31-17(27)9-7-5-3-4-6-8-14(26)12-25/h10-11,15,18-20,25,28-29H,2-9,12-13H2,1H3,(H,22,23,30)/t15-,18-,19+,20-/m1/s1. The van der Waals surface area contributed by atoms with Gasteiger partial charge in [0.15, 0.2) is 12.0 Å². The van der Waals surface area contributed by atoms with E-state index in [0.29, 0.717) is 25.2 Å². The zero-order valence-corrected chi connectivity index (χ0v) is 18.3.